The highest BCUT2D eigenvalue weighted by molar-refractivity contribution is 6.32. The molecule has 0 aliphatic rings. The highest BCUT2D eigenvalue weighted by Gasteiger charge is 2.34. The third-order valence-electron chi connectivity index (χ3n) is 2.58. The summed E-state index contributed by atoms with van der Waals surface area (Å²) in [7, 11) is 0. The van der Waals surface area contributed by atoms with Crippen LogP contribution in [0.1, 0.15) is 15.9 Å². The van der Waals surface area contributed by atoms with E-state index in [1.165, 1.54) is 30.3 Å². The smallest absolute Gasteiger partial charge is 0.417 e. The minimum Gasteiger partial charge on any atom is -0.478 e. The summed E-state index contributed by atoms with van der Waals surface area (Å²) in [6.45, 7) is 0. The van der Waals surface area contributed by atoms with Gasteiger partial charge in [0.05, 0.1) is 16.1 Å². The molecule has 0 fully saturated rings. The van der Waals surface area contributed by atoms with Crippen molar-refractivity contribution < 1.29 is 27.8 Å². The van der Waals surface area contributed by atoms with Gasteiger partial charge in [-0.2, -0.15) is 13.2 Å². The molecular formula is C14H8ClF3O3. The molecular weight excluding hydrogens is 309 g/mol. The fourth-order valence-corrected chi connectivity index (χ4v) is 1.90. The third kappa shape index (κ3) is 3.46. The van der Waals surface area contributed by atoms with Gasteiger partial charge >= 0.3 is 12.1 Å². The SMILES string of the molecule is O=C(O)c1cccc(Oc2cccc(C(F)(F)F)c2Cl)c1. The maximum atomic E-state index is 12.7. The number of rotatable bonds is 3. The number of benzene rings is 2. The molecule has 7 heteroatoms. The number of carboxylic acid groups (broad SMARTS) is 1. The monoisotopic (exact) mass is 316 g/mol. The molecule has 0 unspecified atom stereocenters. The van der Waals surface area contributed by atoms with Gasteiger partial charge in [0, 0.05) is 0 Å². The van der Waals surface area contributed by atoms with Gasteiger partial charge < -0.3 is 9.84 Å². The van der Waals surface area contributed by atoms with Crippen molar-refractivity contribution in [2.45, 2.75) is 6.18 Å². The highest BCUT2D eigenvalue weighted by Crippen LogP contribution is 2.40. The second kappa shape index (κ2) is 5.65. The fraction of sp³-hybridized carbons (Fsp3) is 0.0714. The lowest BCUT2D eigenvalue weighted by atomic mass is 10.2. The van der Waals surface area contributed by atoms with Gasteiger partial charge in [0.2, 0.25) is 0 Å². The fourth-order valence-electron chi connectivity index (χ4n) is 1.63. The molecule has 110 valence electrons. The number of ether oxygens (including phenoxy) is 1. The molecule has 0 aliphatic carbocycles. The van der Waals surface area contributed by atoms with Crippen molar-refractivity contribution in [2.75, 3.05) is 0 Å². The maximum Gasteiger partial charge on any atom is 0.417 e. The van der Waals surface area contributed by atoms with Crippen LogP contribution in [-0.4, -0.2) is 11.1 Å². The Labute approximate surface area is 122 Å². The van der Waals surface area contributed by atoms with Crippen LogP contribution in [0, 0.1) is 0 Å². The Morgan fingerprint density at radius 2 is 1.81 bits per heavy atom. The average molecular weight is 317 g/mol. The summed E-state index contributed by atoms with van der Waals surface area (Å²) in [5.74, 6) is -1.29. The largest absolute Gasteiger partial charge is 0.478 e. The van der Waals surface area contributed by atoms with Crippen molar-refractivity contribution in [3.63, 3.8) is 0 Å². The number of halogens is 4. The van der Waals surface area contributed by atoms with Gasteiger partial charge in [-0.1, -0.05) is 23.7 Å². The normalized spacial score (nSPS) is 11.2. The first kappa shape index (κ1) is 15.2. The van der Waals surface area contributed by atoms with E-state index in [-0.39, 0.29) is 17.1 Å². The number of aromatic carboxylic acids is 1. The number of carbonyl (C=O) groups is 1. The van der Waals surface area contributed by atoms with Crippen LogP contribution in [0.25, 0.3) is 0 Å². The lowest BCUT2D eigenvalue weighted by Gasteiger charge is -2.13. The average Bonchev–Trinajstić information content (AvgIpc) is 2.40. The molecule has 1 N–H and O–H groups in total. The van der Waals surface area contributed by atoms with E-state index in [0.29, 0.717) is 0 Å². The second-order valence-electron chi connectivity index (χ2n) is 4.05. The summed E-state index contributed by atoms with van der Waals surface area (Å²) in [5.41, 5.74) is -1.06. The van der Waals surface area contributed by atoms with Crippen LogP contribution >= 0.6 is 11.6 Å². The molecule has 0 aromatic heterocycles. The first-order valence-corrected chi connectivity index (χ1v) is 6.04. The number of hydrogen-bond acceptors (Lipinski definition) is 2. The predicted molar refractivity (Wildman–Crippen MR) is 69.9 cm³/mol. The molecule has 2 aromatic rings. The summed E-state index contributed by atoms with van der Waals surface area (Å²) < 4.78 is 43.4. The Bertz CT molecular complexity index is 683. The molecule has 0 bridgehead atoms. The van der Waals surface area contributed by atoms with E-state index in [4.69, 9.17) is 21.4 Å². The van der Waals surface area contributed by atoms with Crippen LogP contribution in [0.15, 0.2) is 42.5 Å². The Morgan fingerprint density at radius 1 is 1.14 bits per heavy atom. The standard InChI is InChI=1S/C14H8ClF3O3/c15-12-10(14(16,17)18)5-2-6-11(12)21-9-4-1-3-8(7-9)13(19)20/h1-7H,(H,19,20). The maximum absolute atomic E-state index is 12.7. The summed E-state index contributed by atoms with van der Waals surface area (Å²) in [4.78, 5) is 10.8. The van der Waals surface area contributed by atoms with Gasteiger partial charge in [0.15, 0.2) is 0 Å². The predicted octanol–water partition coefficient (Wildman–Crippen LogP) is 4.85. The van der Waals surface area contributed by atoms with E-state index in [9.17, 15) is 18.0 Å². The minimum atomic E-state index is -4.60. The number of hydrogen-bond donors (Lipinski definition) is 1. The Kier molecular flexibility index (Phi) is 4.09. The summed E-state index contributed by atoms with van der Waals surface area (Å²) in [6, 6.07) is 8.63. The molecule has 0 spiro atoms. The first-order chi connectivity index (χ1) is 9.79. The topological polar surface area (TPSA) is 46.5 Å². The van der Waals surface area contributed by atoms with Gasteiger partial charge in [-0.25, -0.2) is 4.79 Å². The summed E-state index contributed by atoms with van der Waals surface area (Å²) >= 11 is 5.68. The Balaban J connectivity index is 2.36. The molecule has 21 heavy (non-hydrogen) atoms. The van der Waals surface area contributed by atoms with Gasteiger partial charge in [-0.15, -0.1) is 0 Å². The Hall–Kier alpha value is -2.21. The zero-order chi connectivity index (χ0) is 15.6. The summed E-state index contributed by atoms with van der Waals surface area (Å²) in [6.07, 6.45) is -4.60. The van der Waals surface area contributed by atoms with Crippen molar-refractivity contribution in [2.24, 2.45) is 0 Å². The summed E-state index contributed by atoms with van der Waals surface area (Å²) in [5, 5.41) is 8.27. The lowest BCUT2D eigenvalue weighted by Crippen LogP contribution is -2.06. The first-order valence-electron chi connectivity index (χ1n) is 5.66. The van der Waals surface area contributed by atoms with Crippen LogP contribution in [0.3, 0.4) is 0 Å². The van der Waals surface area contributed by atoms with Crippen LogP contribution in [0.5, 0.6) is 11.5 Å². The zero-order valence-electron chi connectivity index (χ0n) is 10.3. The molecule has 3 nitrogen and oxygen atoms in total. The molecule has 2 aromatic carbocycles. The van der Waals surface area contributed by atoms with Gasteiger partial charge in [-0.3, -0.25) is 0 Å². The molecule has 0 aliphatic heterocycles. The van der Waals surface area contributed by atoms with Crippen molar-refractivity contribution in [1.29, 1.82) is 0 Å². The second-order valence-corrected chi connectivity index (χ2v) is 4.43. The molecule has 0 saturated carbocycles. The van der Waals surface area contributed by atoms with E-state index in [1.54, 1.807) is 0 Å². The van der Waals surface area contributed by atoms with Gasteiger partial charge in [0.1, 0.15) is 11.5 Å². The molecule has 0 amide bonds. The zero-order valence-corrected chi connectivity index (χ0v) is 11.1. The van der Waals surface area contributed by atoms with Crippen molar-refractivity contribution in [3.05, 3.63) is 58.6 Å². The molecule has 0 saturated heterocycles. The number of carboxylic acids is 1. The van der Waals surface area contributed by atoms with Gasteiger partial charge in [-0.05, 0) is 30.3 Å². The van der Waals surface area contributed by atoms with Crippen molar-refractivity contribution in [3.8, 4) is 11.5 Å². The van der Waals surface area contributed by atoms with E-state index in [1.807, 2.05) is 0 Å². The number of alkyl halides is 3. The van der Waals surface area contributed by atoms with E-state index >= 15 is 0 Å². The highest BCUT2D eigenvalue weighted by atomic mass is 35.5. The lowest BCUT2D eigenvalue weighted by molar-refractivity contribution is -0.137. The van der Waals surface area contributed by atoms with E-state index < -0.39 is 22.7 Å². The molecule has 2 rings (SSSR count). The minimum absolute atomic E-state index is 0.0457. The van der Waals surface area contributed by atoms with Crippen molar-refractivity contribution >= 4 is 17.6 Å². The Morgan fingerprint density at radius 3 is 2.43 bits per heavy atom. The quantitative estimate of drug-likeness (QED) is 0.880. The van der Waals surface area contributed by atoms with E-state index in [0.717, 1.165) is 12.1 Å². The van der Waals surface area contributed by atoms with Crippen LogP contribution in [-0.2, 0) is 6.18 Å². The molecule has 0 atom stereocenters. The van der Waals surface area contributed by atoms with Crippen LogP contribution in [0.2, 0.25) is 5.02 Å². The van der Waals surface area contributed by atoms with Gasteiger partial charge in [0.25, 0.3) is 0 Å². The van der Waals surface area contributed by atoms with Crippen molar-refractivity contribution in [1.82, 2.24) is 0 Å². The third-order valence-corrected chi connectivity index (χ3v) is 2.97. The molecule has 0 radical (unpaired) electrons. The van der Waals surface area contributed by atoms with Crippen LogP contribution in [0.4, 0.5) is 13.2 Å². The van der Waals surface area contributed by atoms with E-state index in [2.05, 4.69) is 0 Å². The van der Waals surface area contributed by atoms with Crippen LogP contribution < -0.4 is 4.74 Å². The molecule has 0 heterocycles.